The molecule has 0 saturated carbocycles. The number of para-hydroxylation sites is 2. The summed E-state index contributed by atoms with van der Waals surface area (Å²) < 4.78 is 2.38. The Hall–Kier alpha value is -9.76. The summed E-state index contributed by atoms with van der Waals surface area (Å²) >= 11 is 0. The summed E-state index contributed by atoms with van der Waals surface area (Å²) in [7, 11) is 0. The summed E-state index contributed by atoms with van der Waals surface area (Å²) in [4.78, 5) is 2.43. The molecule has 0 N–H and O–H groups in total. The van der Waals surface area contributed by atoms with Crippen molar-refractivity contribution in [1.29, 1.82) is 0 Å². The van der Waals surface area contributed by atoms with E-state index in [9.17, 15) is 0 Å². The lowest BCUT2D eigenvalue weighted by atomic mass is 9.68. The van der Waals surface area contributed by atoms with Gasteiger partial charge in [0.1, 0.15) is 0 Å². The van der Waals surface area contributed by atoms with E-state index in [-0.39, 0.29) is 0 Å². The predicted molar refractivity (Wildman–Crippen MR) is 315 cm³/mol. The molecule has 2 heteroatoms. The zero-order valence-corrected chi connectivity index (χ0v) is 41.0. The van der Waals surface area contributed by atoms with E-state index in [1.807, 2.05) is 0 Å². The number of anilines is 3. The molecular weight excluding hydrogens is 905 g/mol. The molecule has 1 spiro atoms. The van der Waals surface area contributed by atoms with Gasteiger partial charge in [-0.15, -0.1) is 0 Å². The fraction of sp³-hybridized carbons (Fsp3) is 0.0137. The highest BCUT2D eigenvalue weighted by Gasteiger charge is 2.52. The molecule has 13 aromatic carbocycles. The van der Waals surface area contributed by atoms with E-state index in [1.165, 1.54) is 121 Å². The molecule has 2 nitrogen and oxygen atoms in total. The highest BCUT2D eigenvalue weighted by atomic mass is 15.1. The average molecular weight is 951 g/mol. The molecule has 1 aromatic heterocycles. The first kappa shape index (κ1) is 41.8. The molecule has 75 heavy (non-hydrogen) atoms. The Balaban J connectivity index is 0.834. The number of fused-ring (bicyclic) bond motifs is 19. The molecule has 0 bridgehead atoms. The molecular formula is C73H46N2. The van der Waals surface area contributed by atoms with Crippen LogP contribution in [0.1, 0.15) is 22.3 Å². The molecule has 14 aromatic rings. The highest BCUT2D eigenvalue weighted by Crippen LogP contribution is 2.64. The average Bonchev–Trinajstić information content (AvgIpc) is 4.11. The summed E-state index contributed by atoms with van der Waals surface area (Å²) in [5.74, 6) is 0. The minimum atomic E-state index is -0.439. The van der Waals surface area contributed by atoms with Crippen molar-refractivity contribution in [3.8, 4) is 50.2 Å². The maximum absolute atomic E-state index is 2.43. The van der Waals surface area contributed by atoms with E-state index in [1.54, 1.807) is 0 Å². The topological polar surface area (TPSA) is 8.17 Å². The van der Waals surface area contributed by atoms with Crippen LogP contribution in [0.15, 0.2) is 279 Å². The molecule has 2 aliphatic rings. The summed E-state index contributed by atoms with van der Waals surface area (Å²) in [5.41, 5.74) is 21.9. The number of hydrogen-bond donors (Lipinski definition) is 0. The maximum atomic E-state index is 2.43. The van der Waals surface area contributed by atoms with Crippen LogP contribution in [0.2, 0.25) is 0 Å². The van der Waals surface area contributed by atoms with Crippen molar-refractivity contribution in [2.75, 3.05) is 4.90 Å². The Morgan fingerprint density at radius 1 is 0.253 bits per heavy atom. The third-order valence-corrected chi connectivity index (χ3v) is 16.6. The van der Waals surface area contributed by atoms with Gasteiger partial charge < -0.3 is 9.47 Å². The molecule has 0 atom stereocenters. The van der Waals surface area contributed by atoms with Crippen LogP contribution >= 0.6 is 0 Å². The van der Waals surface area contributed by atoms with Crippen LogP contribution in [0.4, 0.5) is 17.1 Å². The van der Waals surface area contributed by atoms with Gasteiger partial charge in [-0.1, -0.05) is 218 Å². The standard InChI is InChI=1S/C73H46N2/c1-2-18-57-55(16-1)56-17-3-4-19-58(56)66-46-53(44-45-59(57)66)74(50-38-32-47(33-39-50)48-34-40-52(41-35-48)75-70-30-13-8-23-63(70)64-24-9-14-31-71(64)75)51-42-36-49(37-43-51)54-25-15-26-65-62-22-7-12-29-69(62)73(72(54)65)67-27-10-5-20-60(67)61-21-6-11-28-68(61)73/h1-46H. The molecule has 2 aliphatic carbocycles. The Labute approximate surface area is 435 Å². The number of rotatable bonds is 6. The van der Waals surface area contributed by atoms with E-state index in [4.69, 9.17) is 0 Å². The van der Waals surface area contributed by atoms with Gasteiger partial charge in [0, 0.05) is 33.5 Å². The third-order valence-electron chi connectivity index (χ3n) is 16.6. The van der Waals surface area contributed by atoms with Gasteiger partial charge in [0.05, 0.1) is 16.4 Å². The third kappa shape index (κ3) is 5.97. The Bertz CT molecular complexity index is 4480. The van der Waals surface area contributed by atoms with Crippen LogP contribution in [0.25, 0.3) is 104 Å². The van der Waals surface area contributed by atoms with Gasteiger partial charge in [-0.05, 0) is 160 Å². The molecule has 348 valence electrons. The molecule has 0 unspecified atom stereocenters. The first-order chi connectivity index (χ1) is 37.2. The van der Waals surface area contributed by atoms with Crippen molar-refractivity contribution in [3.05, 3.63) is 301 Å². The molecule has 0 radical (unpaired) electrons. The van der Waals surface area contributed by atoms with Crippen molar-refractivity contribution in [1.82, 2.24) is 4.57 Å². The normalized spacial score (nSPS) is 12.9. The second-order valence-corrected chi connectivity index (χ2v) is 20.3. The number of benzene rings is 13. The van der Waals surface area contributed by atoms with Crippen LogP contribution in [0, 0.1) is 0 Å². The minimum absolute atomic E-state index is 0.439. The van der Waals surface area contributed by atoms with E-state index in [0.717, 1.165) is 22.7 Å². The van der Waals surface area contributed by atoms with E-state index >= 15 is 0 Å². The number of hydrogen-bond acceptors (Lipinski definition) is 1. The summed E-state index contributed by atoms with van der Waals surface area (Å²) in [5, 5.41) is 10.1. The van der Waals surface area contributed by atoms with Crippen LogP contribution in [-0.2, 0) is 5.41 Å². The predicted octanol–water partition coefficient (Wildman–Crippen LogP) is 19.4. The molecule has 0 aliphatic heterocycles. The first-order valence-corrected chi connectivity index (χ1v) is 26.1. The largest absolute Gasteiger partial charge is 0.310 e. The maximum Gasteiger partial charge on any atom is 0.0731 e. The number of nitrogens with zero attached hydrogens (tertiary/aromatic N) is 2. The summed E-state index contributed by atoms with van der Waals surface area (Å²) in [6.45, 7) is 0. The smallest absolute Gasteiger partial charge is 0.0731 e. The quantitative estimate of drug-likeness (QED) is 0.151. The van der Waals surface area contributed by atoms with E-state index in [0.29, 0.717) is 0 Å². The Kier molecular flexibility index (Phi) is 8.99. The summed E-state index contributed by atoms with van der Waals surface area (Å²) in [6.07, 6.45) is 0. The second-order valence-electron chi connectivity index (χ2n) is 20.3. The second kappa shape index (κ2) is 16.1. The van der Waals surface area contributed by atoms with Gasteiger partial charge in [-0.25, -0.2) is 0 Å². The molecule has 1 heterocycles. The lowest BCUT2D eigenvalue weighted by Crippen LogP contribution is -2.26. The van der Waals surface area contributed by atoms with Crippen LogP contribution in [-0.4, -0.2) is 4.57 Å². The highest BCUT2D eigenvalue weighted by molar-refractivity contribution is 6.26. The monoisotopic (exact) mass is 950 g/mol. The zero-order chi connectivity index (χ0) is 49.2. The van der Waals surface area contributed by atoms with Gasteiger partial charge in [0.2, 0.25) is 0 Å². The van der Waals surface area contributed by atoms with Crippen molar-refractivity contribution in [2.24, 2.45) is 0 Å². The zero-order valence-electron chi connectivity index (χ0n) is 41.0. The van der Waals surface area contributed by atoms with Crippen LogP contribution in [0.3, 0.4) is 0 Å². The summed E-state index contributed by atoms with van der Waals surface area (Å²) in [6, 6.07) is 104. The number of aromatic nitrogens is 1. The Morgan fingerprint density at radius 3 is 1.16 bits per heavy atom. The van der Waals surface area contributed by atoms with Gasteiger partial charge in [-0.3, -0.25) is 0 Å². The lowest BCUT2D eigenvalue weighted by Gasteiger charge is -2.32. The van der Waals surface area contributed by atoms with E-state index in [2.05, 4.69) is 289 Å². The van der Waals surface area contributed by atoms with Crippen LogP contribution < -0.4 is 4.90 Å². The van der Waals surface area contributed by atoms with Crippen molar-refractivity contribution < 1.29 is 0 Å². The van der Waals surface area contributed by atoms with Crippen molar-refractivity contribution >= 4 is 71.2 Å². The van der Waals surface area contributed by atoms with Crippen molar-refractivity contribution in [3.63, 3.8) is 0 Å². The SMILES string of the molecule is c1ccc2c(c1)-c1ccccc1C21c2ccccc2-c2cccc(-c3ccc(N(c4ccc(-c5ccc(-n6c7ccccc7c7ccccc76)cc5)cc4)c4ccc5c6ccccc6c6ccccc6c5c4)cc3)c21. The molecule has 16 rings (SSSR count). The van der Waals surface area contributed by atoms with Gasteiger partial charge in [0.25, 0.3) is 0 Å². The van der Waals surface area contributed by atoms with Crippen molar-refractivity contribution in [2.45, 2.75) is 5.41 Å². The molecule has 0 fully saturated rings. The Morgan fingerprint density at radius 2 is 0.627 bits per heavy atom. The fourth-order valence-corrected chi connectivity index (χ4v) is 13.5. The fourth-order valence-electron chi connectivity index (χ4n) is 13.5. The molecule has 0 saturated heterocycles. The van der Waals surface area contributed by atoms with E-state index < -0.39 is 5.41 Å². The minimum Gasteiger partial charge on any atom is -0.310 e. The van der Waals surface area contributed by atoms with Crippen LogP contribution in [0.5, 0.6) is 0 Å². The van der Waals surface area contributed by atoms with Gasteiger partial charge in [0.15, 0.2) is 0 Å². The van der Waals surface area contributed by atoms with Gasteiger partial charge >= 0.3 is 0 Å². The first-order valence-electron chi connectivity index (χ1n) is 26.1. The van der Waals surface area contributed by atoms with Gasteiger partial charge in [-0.2, -0.15) is 0 Å². The lowest BCUT2D eigenvalue weighted by molar-refractivity contribution is 0.796. The molecule has 0 amide bonds.